The van der Waals surface area contributed by atoms with Gasteiger partial charge in [-0.05, 0) is 59.4 Å². The predicted molar refractivity (Wildman–Crippen MR) is 227 cm³/mol. The fourth-order valence-electron chi connectivity index (χ4n) is 4.65. The number of rotatable bonds is 14. The standard InChI is InChI=1S/C20H23N5O2.C17H17N5O2.C3H7I.CH2O3.2Cs.H/c1-15(2)25-23-19(22-24-25)18-10-8-16(9-11-18)12-13-21-20(26)27-14-17-6-4-3-5-7-17;23-17(24-12-14-4-2-1-3-5-14)18-11-10-13-6-8-15(9-7-13)16-19-21-22-20-16;1-3(2)4;2-1-4-3;;;/h3-11,15H,12-14H2,1-2H3,(H,21,26);1-9H,10-12H2,(H,18,23)(H,19,20,21,22);3H,1-2H3;1,3H;;;/q;;;;2*+1;-1/p-1. The van der Waals surface area contributed by atoms with Crippen LogP contribution in [0, 0.1) is 0 Å². The number of benzene rings is 4. The summed E-state index contributed by atoms with van der Waals surface area (Å²) in [6.45, 7) is 9.70. The Morgan fingerprint density at radius 2 is 1.15 bits per heavy atom. The molecule has 0 bridgehead atoms. The third-order valence-electron chi connectivity index (χ3n) is 7.49. The minimum atomic E-state index is -0.415. The van der Waals surface area contributed by atoms with E-state index in [2.05, 4.69) is 88.0 Å². The number of halogens is 1. The quantitative estimate of drug-likeness (QED) is 0.0434. The van der Waals surface area contributed by atoms with Gasteiger partial charge in [0.1, 0.15) is 13.2 Å². The van der Waals surface area contributed by atoms with Gasteiger partial charge in [-0.2, -0.15) is 10.0 Å². The van der Waals surface area contributed by atoms with Gasteiger partial charge in [0.15, 0.2) is 0 Å². The van der Waals surface area contributed by atoms with Gasteiger partial charge in [-0.3, -0.25) is 4.79 Å². The van der Waals surface area contributed by atoms with Gasteiger partial charge in [-0.25, -0.2) is 9.59 Å². The Morgan fingerprint density at radius 1 is 0.721 bits per heavy atom. The number of nitrogens with one attached hydrogen (secondary N) is 3. The van der Waals surface area contributed by atoms with Crippen molar-refractivity contribution in [3.63, 3.8) is 0 Å². The summed E-state index contributed by atoms with van der Waals surface area (Å²) in [7, 11) is 0. The molecule has 0 saturated carbocycles. The van der Waals surface area contributed by atoms with Crippen molar-refractivity contribution in [3.05, 3.63) is 131 Å². The van der Waals surface area contributed by atoms with Crippen molar-refractivity contribution >= 4 is 41.2 Å². The Bertz CT molecular complexity index is 2050. The van der Waals surface area contributed by atoms with E-state index in [1.165, 1.54) is 0 Å². The van der Waals surface area contributed by atoms with E-state index >= 15 is 0 Å². The summed E-state index contributed by atoms with van der Waals surface area (Å²) < 4.78 is 11.1. The molecule has 0 saturated heterocycles. The Morgan fingerprint density at radius 3 is 1.51 bits per heavy atom. The number of alkyl carbamates (subject to hydrolysis) is 2. The third kappa shape index (κ3) is 25.0. The van der Waals surface area contributed by atoms with Crippen molar-refractivity contribution < 1.29 is 173 Å². The van der Waals surface area contributed by atoms with E-state index in [0.717, 1.165) is 37.3 Å². The van der Waals surface area contributed by atoms with Crippen LogP contribution in [0.4, 0.5) is 9.59 Å². The summed E-state index contributed by atoms with van der Waals surface area (Å²) in [5.41, 5.74) is 5.95. The summed E-state index contributed by atoms with van der Waals surface area (Å²) in [5.74, 6) is 1.17. The molecule has 0 unspecified atom stereocenters. The molecule has 314 valence electrons. The van der Waals surface area contributed by atoms with Crippen LogP contribution >= 0.6 is 22.6 Å². The summed E-state index contributed by atoms with van der Waals surface area (Å²) >= 11 is 2.34. The number of ether oxygens (including phenoxy) is 2. The minimum absolute atomic E-state index is 0. The second kappa shape index (κ2) is 34.3. The summed E-state index contributed by atoms with van der Waals surface area (Å²) in [6.07, 6.45) is 0.604. The maximum absolute atomic E-state index is 11.7. The number of tetrazole rings is 2. The summed E-state index contributed by atoms with van der Waals surface area (Å²) in [5, 5.41) is 40.2. The Hall–Kier alpha value is -2.18. The molecule has 0 aliphatic carbocycles. The molecule has 0 atom stereocenters. The number of hydrogen-bond donors (Lipinski definition) is 3. The van der Waals surface area contributed by atoms with E-state index in [4.69, 9.17) is 19.5 Å². The van der Waals surface area contributed by atoms with Gasteiger partial charge < -0.3 is 31.7 Å². The average Bonchev–Trinajstić information content (AvgIpc) is 3.98. The molecule has 6 aromatic rings. The first kappa shape index (κ1) is 56.8. The van der Waals surface area contributed by atoms with Crippen LogP contribution in [0.15, 0.2) is 109 Å². The van der Waals surface area contributed by atoms with Crippen LogP contribution in [0.5, 0.6) is 0 Å². The van der Waals surface area contributed by atoms with E-state index < -0.39 is 12.2 Å². The second-order valence-corrected chi connectivity index (χ2v) is 15.3. The van der Waals surface area contributed by atoms with Crippen molar-refractivity contribution in [1.82, 2.24) is 51.5 Å². The van der Waals surface area contributed by atoms with Crippen LogP contribution in [0.25, 0.3) is 22.8 Å². The zero-order valence-electron chi connectivity index (χ0n) is 36.2. The fraction of sp³-hybridized carbons (Fsp3) is 0.293. The van der Waals surface area contributed by atoms with Gasteiger partial charge in [0, 0.05) is 28.1 Å². The fourth-order valence-corrected chi connectivity index (χ4v) is 4.65. The number of aromatic amines is 1. The third-order valence-corrected chi connectivity index (χ3v) is 7.49. The summed E-state index contributed by atoms with van der Waals surface area (Å²) in [4.78, 5) is 36.2. The Kier molecular flexibility index (Phi) is 31.9. The number of amides is 2. The number of H-pyrrole nitrogens is 1. The molecule has 17 nitrogen and oxygen atoms in total. The molecule has 0 spiro atoms. The molecule has 0 radical (unpaired) electrons. The van der Waals surface area contributed by atoms with Crippen LogP contribution in [0.1, 0.15) is 57.4 Å². The van der Waals surface area contributed by atoms with Crippen molar-refractivity contribution in [2.24, 2.45) is 0 Å². The van der Waals surface area contributed by atoms with Crippen LogP contribution in [-0.2, 0) is 45.2 Å². The number of hydrogen-bond acceptors (Lipinski definition) is 13. The smallest absolute Gasteiger partial charge is 1.00 e. The summed E-state index contributed by atoms with van der Waals surface area (Å²) in [6, 6.07) is 35.1. The van der Waals surface area contributed by atoms with Crippen molar-refractivity contribution in [3.8, 4) is 22.8 Å². The molecule has 2 aromatic heterocycles. The predicted octanol–water partition coefficient (Wildman–Crippen LogP) is 0.111. The Balaban J connectivity index is 0.000000986. The van der Waals surface area contributed by atoms with Crippen molar-refractivity contribution in [1.29, 1.82) is 0 Å². The Labute approximate surface area is 488 Å². The number of carbonyl (C=O) groups is 3. The molecule has 2 heterocycles. The van der Waals surface area contributed by atoms with Crippen molar-refractivity contribution in [2.75, 3.05) is 13.1 Å². The molecule has 2 amide bonds. The van der Waals surface area contributed by atoms with E-state index in [-0.39, 0.29) is 165 Å². The SMILES string of the molecule is CC(C)I.CC(C)n1nnc(-c2ccc(CCNC(=O)OCc3ccccc3)cc2)n1.O=C(NCCc1ccc(-c2nn[nH]n2)cc1)OCc1ccccc1.O=CO[O-].[Cs+].[Cs+].[H-]. The van der Waals surface area contributed by atoms with E-state index in [1.807, 2.05) is 123 Å². The van der Waals surface area contributed by atoms with Crippen LogP contribution in [-0.4, -0.2) is 76.5 Å². The van der Waals surface area contributed by atoms with Gasteiger partial charge in [0.05, 0.1) is 6.04 Å². The molecule has 6 rings (SSSR count). The average molecular weight is 1190 g/mol. The minimum Gasteiger partial charge on any atom is -1.00 e. The number of nitrogens with zero attached hydrogens (tertiary/aromatic N) is 7. The number of carbonyl (C=O) groups excluding carboxylic acids is 3. The van der Waals surface area contributed by atoms with Gasteiger partial charge >= 0.3 is 150 Å². The van der Waals surface area contributed by atoms with E-state index in [1.54, 1.807) is 4.80 Å². The maximum Gasteiger partial charge on any atom is 1.00 e. The molecule has 4 aromatic carbocycles. The van der Waals surface area contributed by atoms with Crippen molar-refractivity contribution in [2.45, 2.75) is 63.7 Å². The molecular weight excluding hydrogens is 1140 g/mol. The second-order valence-electron chi connectivity index (χ2n) is 12.8. The molecule has 61 heavy (non-hydrogen) atoms. The number of alkyl halides is 1. The first-order valence-corrected chi connectivity index (χ1v) is 19.8. The molecule has 3 N–H and O–H groups in total. The van der Waals surface area contributed by atoms with Gasteiger partial charge in [-0.15, -0.1) is 20.4 Å². The zero-order valence-corrected chi connectivity index (χ0v) is 50.0. The van der Waals surface area contributed by atoms with Crippen LogP contribution in [0.3, 0.4) is 0 Å². The molecule has 0 aliphatic heterocycles. The normalized spacial score (nSPS) is 9.77. The first-order valence-electron chi connectivity index (χ1n) is 18.5. The molecule has 20 heteroatoms. The van der Waals surface area contributed by atoms with E-state index in [9.17, 15) is 9.59 Å². The van der Waals surface area contributed by atoms with Crippen LogP contribution in [0.2, 0.25) is 0 Å². The van der Waals surface area contributed by atoms with Gasteiger partial charge in [0.25, 0.3) is 6.47 Å². The molecule has 0 aliphatic rings. The van der Waals surface area contributed by atoms with E-state index in [0.29, 0.717) is 37.6 Å². The van der Waals surface area contributed by atoms with Crippen LogP contribution < -0.4 is 154 Å². The largest absolute Gasteiger partial charge is 1.00 e. The molecular formula is C41H49Cs2IN10O7. The van der Waals surface area contributed by atoms with Gasteiger partial charge in [-0.1, -0.05) is 146 Å². The topological polar surface area (TPSA) is 224 Å². The molecule has 0 fully saturated rings. The number of aromatic nitrogens is 8. The zero-order chi connectivity index (χ0) is 42.7. The first-order chi connectivity index (χ1) is 28.6. The monoisotopic (exact) mass is 1190 g/mol. The van der Waals surface area contributed by atoms with Gasteiger partial charge in [0.2, 0.25) is 11.6 Å². The maximum atomic E-state index is 11.7.